The first-order valence-corrected chi connectivity index (χ1v) is 16.8. The highest BCUT2D eigenvalue weighted by molar-refractivity contribution is 5.79. The van der Waals surface area contributed by atoms with Gasteiger partial charge in [-0.05, 0) is 119 Å². The number of carbonyl (C=O) groups excluding carboxylic acids is 1. The van der Waals surface area contributed by atoms with E-state index in [1.165, 1.54) is 6.07 Å². The van der Waals surface area contributed by atoms with E-state index in [0.29, 0.717) is 36.8 Å². The second-order valence-electron chi connectivity index (χ2n) is 13.8. The van der Waals surface area contributed by atoms with Crippen LogP contribution in [0.25, 0.3) is 23.3 Å². The maximum absolute atomic E-state index is 14.7. The van der Waals surface area contributed by atoms with E-state index in [9.17, 15) is 18.0 Å². The van der Waals surface area contributed by atoms with Gasteiger partial charge in [0.25, 0.3) is 0 Å². The van der Waals surface area contributed by atoms with Crippen LogP contribution in [0.5, 0.6) is 5.75 Å². The average Bonchev–Trinajstić information content (AvgIpc) is 3.03. The van der Waals surface area contributed by atoms with Crippen LogP contribution in [0, 0.1) is 12.8 Å². The topological polar surface area (TPSA) is 50.8 Å². The lowest BCUT2D eigenvalue weighted by Crippen LogP contribution is -2.46. The molecule has 0 spiro atoms. The molecule has 2 heterocycles. The molecule has 3 aromatic rings. The number of likely N-dealkylation sites (tertiary alicyclic amines) is 1. The van der Waals surface area contributed by atoms with Crippen molar-refractivity contribution in [2.45, 2.75) is 84.2 Å². The van der Waals surface area contributed by atoms with Crippen molar-refractivity contribution in [2.24, 2.45) is 5.92 Å². The van der Waals surface area contributed by atoms with E-state index in [0.717, 1.165) is 61.0 Å². The molecule has 0 aromatic heterocycles. The van der Waals surface area contributed by atoms with E-state index in [1.807, 2.05) is 81.1 Å². The number of esters is 1. The number of rotatable bonds is 9. The minimum atomic E-state index is -4.59. The molecular formula is C39H47F3N2O3. The fraction of sp³-hybridized carbons (Fsp3) is 0.462. The highest BCUT2D eigenvalue weighted by atomic mass is 19.4. The largest absolute Gasteiger partial charge is 0.493 e. The minimum Gasteiger partial charge on any atom is -0.493 e. The number of nitrogens with one attached hydrogen (secondary N) is 1. The Labute approximate surface area is 277 Å². The van der Waals surface area contributed by atoms with Crippen LogP contribution >= 0.6 is 0 Å². The van der Waals surface area contributed by atoms with Crippen LogP contribution in [0.1, 0.15) is 80.7 Å². The monoisotopic (exact) mass is 648 g/mol. The first kappa shape index (κ1) is 34.7. The number of ether oxygens (including phenoxy) is 2. The van der Waals surface area contributed by atoms with E-state index in [4.69, 9.17) is 9.47 Å². The summed E-state index contributed by atoms with van der Waals surface area (Å²) >= 11 is 0. The molecule has 0 bridgehead atoms. The Morgan fingerprint density at radius 3 is 2.36 bits per heavy atom. The lowest BCUT2D eigenvalue weighted by Gasteiger charge is -2.36. The standard InChI is InChI=1S/C39H47F3N2O3/c1-27-29(13-10-14-33(27)30-11-6-5-7-12-30)16-17-31-24-36(46-26-28-18-20-43-21-19-28)32(23-34(31)39(40,41)42)25-44-22-9-8-15-35(44)37(45)47-38(2,3)4/h5-7,10-14,16-17,23-24,28,35,43H,8-9,15,18-22,25-26H2,1-4H3/b17-16+/t35-/m0/s1. The summed E-state index contributed by atoms with van der Waals surface area (Å²) < 4.78 is 56.3. The highest BCUT2D eigenvalue weighted by Crippen LogP contribution is 2.39. The third-order valence-electron chi connectivity index (χ3n) is 9.04. The molecule has 3 aromatic carbocycles. The van der Waals surface area contributed by atoms with Gasteiger partial charge in [0.15, 0.2) is 0 Å². The third kappa shape index (κ3) is 9.26. The summed E-state index contributed by atoms with van der Waals surface area (Å²) in [5.74, 6) is 0.413. The number of piperidine rings is 2. The lowest BCUT2D eigenvalue weighted by molar-refractivity contribution is -0.163. The van der Waals surface area contributed by atoms with Gasteiger partial charge in [-0.3, -0.25) is 9.69 Å². The van der Waals surface area contributed by atoms with Gasteiger partial charge in [0.1, 0.15) is 17.4 Å². The second-order valence-corrected chi connectivity index (χ2v) is 13.8. The van der Waals surface area contributed by atoms with Gasteiger partial charge in [0.05, 0.1) is 12.2 Å². The molecule has 1 atom stereocenters. The zero-order chi connectivity index (χ0) is 33.6. The average molecular weight is 649 g/mol. The Bertz CT molecular complexity index is 1540. The van der Waals surface area contributed by atoms with Crippen LogP contribution in [0.15, 0.2) is 60.7 Å². The lowest BCUT2D eigenvalue weighted by atomic mass is 9.95. The molecule has 5 nitrogen and oxygen atoms in total. The van der Waals surface area contributed by atoms with Crippen molar-refractivity contribution >= 4 is 18.1 Å². The highest BCUT2D eigenvalue weighted by Gasteiger charge is 2.36. The van der Waals surface area contributed by atoms with Crippen LogP contribution in [0.2, 0.25) is 0 Å². The maximum atomic E-state index is 14.7. The quantitative estimate of drug-likeness (QED) is 0.186. The van der Waals surface area contributed by atoms with E-state index in [2.05, 4.69) is 5.32 Å². The summed E-state index contributed by atoms with van der Waals surface area (Å²) in [6, 6.07) is 18.1. The van der Waals surface area contributed by atoms with Crippen molar-refractivity contribution in [2.75, 3.05) is 26.2 Å². The molecule has 2 aliphatic heterocycles. The molecule has 2 fully saturated rings. The molecule has 8 heteroatoms. The molecule has 2 aliphatic rings. The SMILES string of the molecule is Cc1c(/C=C/c2cc(OCC3CCNCC3)c(CN3CCCC[C@H]3C(=O)OC(C)(C)C)cc2C(F)(F)F)cccc1-c1ccccc1. The van der Waals surface area contributed by atoms with Crippen LogP contribution in [-0.2, 0) is 22.3 Å². The first-order valence-electron chi connectivity index (χ1n) is 16.8. The summed E-state index contributed by atoms with van der Waals surface area (Å²) in [7, 11) is 0. The van der Waals surface area contributed by atoms with E-state index >= 15 is 0 Å². The minimum absolute atomic E-state index is 0.0495. The zero-order valence-electron chi connectivity index (χ0n) is 28.0. The summed E-state index contributed by atoms with van der Waals surface area (Å²) in [4.78, 5) is 15.1. The maximum Gasteiger partial charge on any atom is 0.417 e. The molecule has 252 valence electrons. The van der Waals surface area contributed by atoms with Gasteiger partial charge in [-0.1, -0.05) is 67.1 Å². The van der Waals surface area contributed by atoms with Crippen molar-refractivity contribution in [1.29, 1.82) is 0 Å². The van der Waals surface area contributed by atoms with Crippen molar-refractivity contribution < 1.29 is 27.4 Å². The molecular weight excluding hydrogens is 601 g/mol. The summed E-state index contributed by atoms with van der Waals surface area (Å²) in [5, 5.41) is 3.35. The number of halogens is 3. The van der Waals surface area contributed by atoms with E-state index in [-0.39, 0.29) is 18.1 Å². The van der Waals surface area contributed by atoms with Crippen LogP contribution in [-0.4, -0.2) is 48.8 Å². The Morgan fingerprint density at radius 2 is 1.66 bits per heavy atom. The fourth-order valence-corrected chi connectivity index (χ4v) is 6.52. The first-order chi connectivity index (χ1) is 22.4. The van der Waals surface area contributed by atoms with Crippen molar-refractivity contribution in [3.8, 4) is 16.9 Å². The van der Waals surface area contributed by atoms with Crippen LogP contribution in [0.4, 0.5) is 13.2 Å². The van der Waals surface area contributed by atoms with Gasteiger partial charge in [-0.2, -0.15) is 13.2 Å². The van der Waals surface area contributed by atoms with Crippen molar-refractivity contribution in [3.05, 3.63) is 88.5 Å². The molecule has 5 rings (SSSR count). The molecule has 0 unspecified atom stereocenters. The number of benzene rings is 3. The van der Waals surface area contributed by atoms with E-state index in [1.54, 1.807) is 18.2 Å². The van der Waals surface area contributed by atoms with Crippen molar-refractivity contribution in [3.63, 3.8) is 0 Å². The van der Waals surface area contributed by atoms with Gasteiger partial charge >= 0.3 is 12.1 Å². The molecule has 1 N–H and O–H groups in total. The molecule has 0 radical (unpaired) electrons. The number of hydrogen-bond donors (Lipinski definition) is 1. The Hall–Kier alpha value is -3.62. The zero-order valence-corrected chi connectivity index (χ0v) is 28.0. The van der Waals surface area contributed by atoms with Crippen molar-refractivity contribution in [1.82, 2.24) is 10.2 Å². The van der Waals surface area contributed by atoms with Crippen LogP contribution in [0.3, 0.4) is 0 Å². The van der Waals surface area contributed by atoms with Gasteiger partial charge < -0.3 is 14.8 Å². The number of alkyl halides is 3. The van der Waals surface area contributed by atoms with Gasteiger partial charge in [0, 0.05) is 12.1 Å². The predicted molar refractivity (Wildman–Crippen MR) is 182 cm³/mol. The molecule has 47 heavy (non-hydrogen) atoms. The number of hydrogen-bond acceptors (Lipinski definition) is 5. The third-order valence-corrected chi connectivity index (χ3v) is 9.04. The number of carbonyl (C=O) groups is 1. The van der Waals surface area contributed by atoms with Gasteiger partial charge in [0.2, 0.25) is 0 Å². The summed E-state index contributed by atoms with van der Waals surface area (Å²) in [6.45, 7) is 10.4. The Kier molecular flexibility index (Phi) is 11.1. The Balaban J connectivity index is 1.51. The Morgan fingerprint density at radius 1 is 0.936 bits per heavy atom. The van der Waals surface area contributed by atoms with E-state index < -0.39 is 23.4 Å². The smallest absolute Gasteiger partial charge is 0.417 e. The number of nitrogens with zero attached hydrogens (tertiary/aromatic N) is 1. The molecule has 0 saturated carbocycles. The summed E-state index contributed by atoms with van der Waals surface area (Å²) in [6.07, 6.45) is 2.95. The normalized spacial score (nSPS) is 18.4. The molecule has 0 aliphatic carbocycles. The predicted octanol–water partition coefficient (Wildman–Crippen LogP) is 8.93. The van der Waals surface area contributed by atoms with Crippen LogP contribution < -0.4 is 10.1 Å². The van der Waals surface area contributed by atoms with Gasteiger partial charge in [-0.15, -0.1) is 0 Å². The molecule has 0 amide bonds. The fourth-order valence-electron chi connectivity index (χ4n) is 6.52. The molecule has 2 saturated heterocycles. The van der Waals surface area contributed by atoms with Gasteiger partial charge in [-0.25, -0.2) is 0 Å². The summed E-state index contributed by atoms with van der Waals surface area (Å²) in [5.41, 5.74) is 3.02. The second kappa shape index (κ2) is 15.1.